The third kappa shape index (κ3) is 28.2. The number of unbranched alkanes of at least 4 members (excludes halogenated alkanes) is 27. The number of carbonyl (C=O) groups is 2. The smallest absolute Gasteiger partial charge is 0.309 e. The zero-order valence-electron chi connectivity index (χ0n) is 29.3. The Morgan fingerprint density at radius 3 is 0.837 bits per heavy atom. The minimum atomic E-state index is -0.732. The molecule has 0 aliphatic rings. The Hall–Kier alpha value is -1.06. The van der Waals surface area contributed by atoms with E-state index in [0.29, 0.717) is 6.42 Å². The highest BCUT2D eigenvalue weighted by Crippen LogP contribution is 2.38. The van der Waals surface area contributed by atoms with Crippen LogP contribution in [0.25, 0.3) is 0 Å². The average molecular weight is 609 g/mol. The molecule has 0 aromatic carbocycles. The van der Waals surface area contributed by atoms with E-state index in [1.54, 1.807) is 0 Å². The maximum absolute atomic E-state index is 12.7. The van der Waals surface area contributed by atoms with E-state index < -0.39 is 17.4 Å². The lowest BCUT2D eigenvalue weighted by Gasteiger charge is -2.30. The van der Waals surface area contributed by atoms with Crippen LogP contribution >= 0.6 is 0 Å². The first-order chi connectivity index (χ1) is 21.0. The molecule has 4 nitrogen and oxygen atoms in total. The minimum Gasteiger partial charge on any atom is -0.481 e. The molecule has 0 atom stereocenters. The minimum absolute atomic E-state index is 0.224. The molecule has 0 aromatic heterocycles. The zero-order chi connectivity index (χ0) is 31.7. The van der Waals surface area contributed by atoms with E-state index in [2.05, 4.69) is 13.8 Å². The van der Waals surface area contributed by atoms with Crippen LogP contribution in [0.1, 0.15) is 232 Å². The summed E-state index contributed by atoms with van der Waals surface area (Å²) in [6, 6.07) is 0. The van der Waals surface area contributed by atoms with Crippen LogP contribution in [-0.2, 0) is 9.59 Å². The Labute approximate surface area is 269 Å². The molecular weight excluding hydrogens is 532 g/mol. The van der Waals surface area contributed by atoms with Gasteiger partial charge in [-0.2, -0.15) is 0 Å². The molecule has 0 aliphatic heterocycles. The second-order valence-electron chi connectivity index (χ2n) is 13.9. The Kier molecular flexibility index (Phi) is 31.5. The van der Waals surface area contributed by atoms with E-state index in [9.17, 15) is 14.7 Å². The number of carboxylic acids is 2. The van der Waals surface area contributed by atoms with Crippen molar-refractivity contribution in [2.24, 2.45) is 5.41 Å². The van der Waals surface area contributed by atoms with Crippen LogP contribution in [0.5, 0.6) is 0 Å². The summed E-state index contributed by atoms with van der Waals surface area (Å²) in [5.41, 5.74) is -0.581. The second kappa shape index (κ2) is 32.3. The topological polar surface area (TPSA) is 74.6 Å². The molecule has 0 saturated heterocycles. The van der Waals surface area contributed by atoms with Gasteiger partial charge in [0.25, 0.3) is 0 Å². The van der Waals surface area contributed by atoms with Crippen molar-refractivity contribution >= 4 is 11.9 Å². The summed E-state index contributed by atoms with van der Waals surface area (Å²) in [6.45, 7) is 4.55. The van der Waals surface area contributed by atoms with Gasteiger partial charge in [-0.25, -0.2) is 0 Å². The quantitative estimate of drug-likeness (QED) is 0.0694. The second-order valence-corrected chi connectivity index (χ2v) is 13.9. The highest BCUT2D eigenvalue weighted by atomic mass is 16.4. The summed E-state index contributed by atoms with van der Waals surface area (Å²) >= 11 is 0. The lowest BCUT2D eigenvalue weighted by molar-refractivity contribution is -0.150. The van der Waals surface area contributed by atoms with E-state index in [4.69, 9.17) is 5.11 Å². The number of carboxylic acid groups (broad SMARTS) is 2. The normalized spacial score (nSPS) is 11.8. The van der Waals surface area contributed by atoms with E-state index >= 15 is 0 Å². The van der Waals surface area contributed by atoms with Gasteiger partial charge in [-0.3, -0.25) is 9.59 Å². The summed E-state index contributed by atoms with van der Waals surface area (Å²) in [4.78, 5) is 23.5. The summed E-state index contributed by atoms with van der Waals surface area (Å²) in [6.07, 6.45) is 40.2. The molecule has 0 aromatic rings. The third-order valence-electron chi connectivity index (χ3n) is 9.77. The van der Waals surface area contributed by atoms with Gasteiger partial charge in [-0.15, -0.1) is 0 Å². The summed E-state index contributed by atoms with van der Waals surface area (Å²) in [5.74, 6) is -1.32. The first-order valence-corrected chi connectivity index (χ1v) is 19.4. The monoisotopic (exact) mass is 609 g/mol. The molecule has 0 rings (SSSR count). The molecule has 0 amide bonds. The molecule has 43 heavy (non-hydrogen) atoms. The van der Waals surface area contributed by atoms with Crippen LogP contribution in [0.15, 0.2) is 0 Å². The van der Waals surface area contributed by atoms with Crippen LogP contribution in [-0.4, -0.2) is 22.2 Å². The van der Waals surface area contributed by atoms with Gasteiger partial charge in [-0.1, -0.05) is 200 Å². The fourth-order valence-corrected chi connectivity index (χ4v) is 6.75. The first kappa shape index (κ1) is 41.9. The maximum Gasteiger partial charge on any atom is 0.309 e. The molecular formula is C39H76O4. The van der Waals surface area contributed by atoms with E-state index in [1.165, 1.54) is 141 Å². The van der Waals surface area contributed by atoms with Crippen molar-refractivity contribution in [3.05, 3.63) is 0 Å². The Balaban J connectivity index is 4.30. The fraction of sp³-hybridized carbons (Fsp3) is 0.949. The van der Waals surface area contributed by atoms with Gasteiger partial charge in [0.1, 0.15) is 0 Å². The summed E-state index contributed by atoms with van der Waals surface area (Å²) in [5, 5.41) is 19.3. The number of hydrogen-bond donors (Lipinski definition) is 2. The Bertz CT molecular complexity index is 572. The third-order valence-corrected chi connectivity index (χ3v) is 9.77. The van der Waals surface area contributed by atoms with Gasteiger partial charge >= 0.3 is 11.9 Å². The van der Waals surface area contributed by atoms with Crippen molar-refractivity contribution in [2.75, 3.05) is 0 Å². The van der Waals surface area contributed by atoms with Gasteiger partial charge < -0.3 is 10.2 Å². The van der Waals surface area contributed by atoms with Crippen LogP contribution in [0, 0.1) is 5.41 Å². The highest BCUT2D eigenvalue weighted by molar-refractivity contribution is 5.74. The van der Waals surface area contributed by atoms with Crippen molar-refractivity contribution in [3.8, 4) is 0 Å². The molecule has 0 bridgehead atoms. The molecule has 0 fully saturated rings. The van der Waals surface area contributed by atoms with E-state index in [0.717, 1.165) is 64.2 Å². The van der Waals surface area contributed by atoms with Crippen molar-refractivity contribution in [1.29, 1.82) is 0 Å². The first-order valence-electron chi connectivity index (χ1n) is 19.4. The van der Waals surface area contributed by atoms with E-state index in [-0.39, 0.29) is 6.42 Å². The average Bonchev–Trinajstić information content (AvgIpc) is 2.98. The molecule has 4 heteroatoms. The predicted octanol–water partition coefficient (Wildman–Crippen LogP) is 13.4. The lowest BCUT2D eigenvalue weighted by Crippen LogP contribution is -2.31. The Morgan fingerprint density at radius 2 is 0.605 bits per heavy atom. The standard InChI is InChI=1S/C39H76O4/c1-3-5-7-9-11-13-15-17-19-21-23-26-30-34-39(38(42)43,36-32-28-25-29-33-37(40)41)35-31-27-24-22-20-18-16-14-12-10-8-6-4-2/h3-36H2,1-2H3,(H,40,41)(H,42,43). The molecule has 0 saturated carbocycles. The molecule has 0 spiro atoms. The van der Waals surface area contributed by atoms with Crippen molar-refractivity contribution in [3.63, 3.8) is 0 Å². The molecule has 256 valence electrons. The van der Waals surface area contributed by atoms with Crippen molar-refractivity contribution in [1.82, 2.24) is 0 Å². The SMILES string of the molecule is CCCCCCCCCCCCCCCC(CCCCCCCCCCCCCCC)(CCCCCCC(=O)O)C(=O)O. The number of hydrogen-bond acceptors (Lipinski definition) is 2. The maximum atomic E-state index is 12.7. The van der Waals surface area contributed by atoms with Gasteiger partial charge in [0.15, 0.2) is 0 Å². The van der Waals surface area contributed by atoms with Gasteiger partial charge in [0.05, 0.1) is 5.41 Å². The van der Waals surface area contributed by atoms with Crippen molar-refractivity contribution in [2.45, 2.75) is 232 Å². The van der Waals surface area contributed by atoms with E-state index in [1.807, 2.05) is 0 Å². The number of aliphatic carboxylic acids is 2. The highest BCUT2D eigenvalue weighted by Gasteiger charge is 2.36. The lowest BCUT2D eigenvalue weighted by atomic mass is 9.74. The van der Waals surface area contributed by atoms with Crippen LogP contribution in [0.4, 0.5) is 0 Å². The fourth-order valence-electron chi connectivity index (χ4n) is 6.75. The van der Waals surface area contributed by atoms with Gasteiger partial charge in [-0.05, 0) is 25.7 Å². The number of rotatable bonds is 36. The zero-order valence-corrected chi connectivity index (χ0v) is 29.3. The molecule has 0 unspecified atom stereocenters. The van der Waals surface area contributed by atoms with Crippen LogP contribution in [0.3, 0.4) is 0 Å². The van der Waals surface area contributed by atoms with Gasteiger partial charge in [0, 0.05) is 6.42 Å². The predicted molar refractivity (Wildman–Crippen MR) is 186 cm³/mol. The van der Waals surface area contributed by atoms with Crippen LogP contribution in [0.2, 0.25) is 0 Å². The summed E-state index contributed by atoms with van der Waals surface area (Å²) in [7, 11) is 0. The molecule has 2 N–H and O–H groups in total. The summed E-state index contributed by atoms with van der Waals surface area (Å²) < 4.78 is 0. The molecule has 0 heterocycles. The van der Waals surface area contributed by atoms with Gasteiger partial charge in [0.2, 0.25) is 0 Å². The largest absolute Gasteiger partial charge is 0.481 e. The molecule has 0 radical (unpaired) electrons. The Morgan fingerprint density at radius 1 is 0.372 bits per heavy atom. The molecule has 0 aliphatic carbocycles. The van der Waals surface area contributed by atoms with Crippen molar-refractivity contribution < 1.29 is 19.8 Å². The van der Waals surface area contributed by atoms with Crippen LogP contribution < -0.4 is 0 Å².